The van der Waals surface area contributed by atoms with Gasteiger partial charge in [0.05, 0.1) is 33.3 Å². The molecule has 3 N–H and O–H groups in total. The van der Waals surface area contributed by atoms with Gasteiger partial charge in [-0.1, -0.05) is 61.5 Å². The zero-order valence-corrected chi connectivity index (χ0v) is 27.0. The Hall–Kier alpha value is -5.04. The SMILES string of the molecule is COc1ccc(C(OC[C@@]23C[C@@H](C)[C@@H]([C@H](n4cnc5c(=O)[nH]c(NC(C)=O)nc54)O2)[C@@H]3O)(c2ccccc2)c2ccc(OC)cc2)cc1. The van der Waals surface area contributed by atoms with E-state index in [1.54, 1.807) is 18.8 Å². The molecule has 12 heteroatoms. The maximum absolute atomic E-state index is 12.8. The van der Waals surface area contributed by atoms with Gasteiger partial charge in [-0.15, -0.1) is 0 Å². The highest BCUT2D eigenvalue weighted by molar-refractivity contribution is 5.87. The van der Waals surface area contributed by atoms with Crippen LogP contribution in [-0.4, -0.2) is 63.1 Å². The first-order chi connectivity index (χ1) is 23.2. The number of amides is 1. The summed E-state index contributed by atoms with van der Waals surface area (Å²) in [6.07, 6.45) is 0.451. The summed E-state index contributed by atoms with van der Waals surface area (Å²) in [6, 6.07) is 25.5. The first-order valence-corrected chi connectivity index (χ1v) is 15.8. The zero-order valence-electron chi connectivity index (χ0n) is 27.0. The Labute approximate surface area is 276 Å². The number of imidazole rings is 1. The first-order valence-electron chi connectivity index (χ1n) is 15.8. The van der Waals surface area contributed by atoms with Crippen molar-refractivity contribution in [3.63, 3.8) is 0 Å². The van der Waals surface area contributed by atoms with Gasteiger partial charge in [-0.05, 0) is 53.3 Å². The molecule has 1 amide bonds. The zero-order chi connectivity index (χ0) is 33.6. The minimum absolute atomic E-state index is 0.00294. The standard InChI is InChI=1S/C36H37N5O7/c1-21-18-35(30(43)28(21)33(48-35)41-20-37-29-31(41)39-34(38-22(2)42)40-32(29)44)19-47-36(23-8-6-5-7-9-23,24-10-14-26(45-3)15-11-24)25-12-16-27(46-4)17-13-25/h5-17,20-21,28,30,33,43H,18-19H2,1-4H3,(H2,38,39,40,42,44)/t21-,28-,30+,33-,35-/m1/s1. The molecule has 1 saturated carbocycles. The van der Waals surface area contributed by atoms with Crippen LogP contribution in [0.25, 0.3) is 11.2 Å². The van der Waals surface area contributed by atoms with Gasteiger partial charge in [0.1, 0.15) is 28.9 Å². The number of ether oxygens (including phenoxy) is 4. The van der Waals surface area contributed by atoms with Crippen molar-refractivity contribution in [1.29, 1.82) is 0 Å². The number of nitrogens with one attached hydrogen (secondary N) is 2. The highest BCUT2D eigenvalue weighted by atomic mass is 16.6. The van der Waals surface area contributed by atoms with Gasteiger partial charge in [0.25, 0.3) is 5.56 Å². The third kappa shape index (κ3) is 5.13. The van der Waals surface area contributed by atoms with Crippen molar-refractivity contribution < 1.29 is 28.8 Å². The monoisotopic (exact) mass is 651 g/mol. The van der Waals surface area contributed by atoms with E-state index < -0.39 is 29.1 Å². The van der Waals surface area contributed by atoms with Crippen LogP contribution in [0.2, 0.25) is 0 Å². The second-order valence-electron chi connectivity index (χ2n) is 12.5. The van der Waals surface area contributed by atoms with Gasteiger partial charge in [0.15, 0.2) is 11.2 Å². The molecule has 2 bridgehead atoms. The van der Waals surface area contributed by atoms with Crippen LogP contribution >= 0.6 is 0 Å². The summed E-state index contributed by atoms with van der Waals surface area (Å²) in [5.74, 6) is 0.730. The second-order valence-corrected chi connectivity index (χ2v) is 12.5. The summed E-state index contributed by atoms with van der Waals surface area (Å²) in [5, 5.41) is 14.5. The Kier molecular flexibility index (Phi) is 8.02. The van der Waals surface area contributed by atoms with E-state index in [0.29, 0.717) is 17.9 Å². The fourth-order valence-corrected chi connectivity index (χ4v) is 7.40. The van der Waals surface area contributed by atoms with Crippen molar-refractivity contribution >= 4 is 23.0 Å². The second kappa shape index (κ2) is 12.2. The lowest BCUT2D eigenvalue weighted by Gasteiger charge is -2.40. The molecule has 7 rings (SSSR count). The summed E-state index contributed by atoms with van der Waals surface area (Å²) in [4.78, 5) is 35.8. The van der Waals surface area contributed by atoms with Gasteiger partial charge in [-0.2, -0.15) is 4.98 Å². The summed E-state index contributed by atoms with van der Waals surface area (Å²) < 4.78 is 26.6. The predicted octanol–water partition coefficient (Wildman–Crippen LogP) is 4.39. The molecule has 1 aliphatic heterocycles. The third-order valence-electron chi connectivity index (χ3n) is 9.62. The number of carbonyl (C=O) groups excluding carboxylic acids is 1. The quantitative estimate of drug-likeness (QED) is 0.187. The minimum Gasteiger partial charge on any atom is -0.497 e. The fourth-order valence-electron chi connectivity index (χ4n) is 7.40. The van der Waals surface area contributed by atoms with Gasteiger partial charge < -0.3 is 24.1 Å². The summed E-state index contributed by atoms with van der Waals surface area (Å²) in [7, 11) is 3.25. The van der Waals surface area contributed by atoms with E-state index in [0.717, 1.165) is 16.7 Å². The summed E-state index contributed by atoms with van der Waals surface area (Å²) in [6.45, 7) is 3.44. The molecule has 3 heterocycles. The van der Waals surface area contributed by atoms with E-state index in [1.165, 1.54) is 13.3 Å². The van der Waals surface area contributed by atoms with Crippen LogP contribution in [0, 0.1) is 11.8 Å². The number of anilines is 1. The van der Waals surface area contributed by atoms with Crippen LogP contribution in [0.15, 0.2) is 90.0 Å². The molecular formula is C36H37N5O7. The number of H-pyrrole nitrogens is 1. The summed E-state index contributed by atoms with van der Waals surface area (Å²) >= 11 is 0. The molecule has 0 spiro atoms. The van der Waals surface area contributed by atoms with E-state index in [1.807, 2.05) is 78.9 Å². The molecule has 2 fully saturated rings. The average molecular weight is 652 g/mol. The molecule has 2 aliphatic rings. The van der Waals surface area contributed by atoms with Crippen molar-refractivity contribution in [2.45, 2.75) is 43.8 Å². The molecule has 2 aromatic heterocycles. The van der Waals surface area contributed by atoms with Crippen molar-refractivity contribution in [3.05, 3.63) is 112 Å². The van der Waals surface area contributed by atoms with Crippen LogP contribution in [0.3, 0.4) is 0 Å². The predicted molar refractivity (Wildman–Crippen MR) is 177 cm³/mol. The van der Waals surface area contributed by atoms with Gasteiger partial charge in [-0.3, -0.25) is 24.5 Å². The number of nitrogens with zero attached hydrogens (tertiary/aromatic N) is 3. The summed E-state index contributed by atoms with van der Waals surface area (Å²) in [5.41, 5.74) is 0.249. The van der Waals surface area contributed by atoms with Gasteiger partial charge >= 0.3 is 0 Å². The van der Waals surface area contributed by atoms with Gasteiger partial charge in [0.2, 0.25) is 11.9 Å². The number of fused-ring (bicyclic) bond motifs is 3. The molecule has 0 radical (unpaired) electrons. The number of aromatic amines is 1. The topological polar surface area (TPSA) is 150 Å². The molecule has 48 heavy (non-hydrogen) atoms. The highest BCUT2D eigenvalue weighted by Gasteiger charge is 2.64. The van der Waals surface area contributed by atoms with Crippen molar-refractivity contribution in [1.82, 2.24) is 19.5 Å². The van der Waals surface area contributed by atoms with Crippen molar-refractivity contribution in [2.75, 3.05) is 26.1 Å². The number of carbonyl (C=O) groups is 1. The molecule has 1 saturated heterocycles. The Balaban J connectivity index is 1.31. The van der Waals surface area contributed by atoms with E-state index in [9.17, 15) is 14.7 Å². The molecule has 5 aromatic rings. The normalized spacial score (nSPS) is 23.4. The lowest BCUT2D eigenvalue weighted by Crippen LogP contribution is -2.46. The smallest absolute Gasteiger partial charge is 0.280 e. The average Bonchev–Trinajstić information content (AvgIpc) is 3.72. The number of benzene rings is 3. The Bertz CT molecular complexity index is 1950. The molecule has 0 unspecified atom stereocenters. The number of aliphatic hydroxyl groups is 1. The largest absolute Gasteiger partial charge is 0.497 e. The number of rotatable bonds is 10. The van der Waals surface area contributed by atoms with Crippen molar-refractivity contribution in [3.8, 4) is 11.5 Å². The molecule has 12 nitrogen and oxygen atoms in total. The number of methoxy groups -OCH3 is 2. The van der Waals surface area contributed by atoms with E-state index in [2.05, 4.69) is 27.2 Å². The number of aromatic nitrogens is 4. The van der Waals surface area contributed by atoms with Crippen LogP contribution < -0.4 is 20.3 Å². The van der Waals surface area contributed by atoms with Crippen LogP contribution in [-0.2, 0) is 19.9 Å². The maximum Gasteiger partial charge on any atom is 0.280 e. The van der Waals surface area contributed by atoms with E-state index in [4.69, 9.17) is 18.9 Å². The van der Waals surface area contributed by atoms with E-state index >= 15 is 0 Å². The lowest BCUT2D eigenvalue weighted by molar-refractivity contribution is -0.174. The van der Waals surface area contributed by atoms with Crippen molar-refractivity contribution in [2.24, 2.45) is 11.8 Å². The highest BCUT2D eigenvalue weighted by Crippen LogP contribution is 2.57. The van der Waals surface area contributed by atoms with Crippen LogP contribution in [0.4, 0.5) is 5.95 Å². The van der Waals surface area contributed by atoms with Crippen LogP contribution in [0.5, 0.6) is 11.5 Å². The van der Waals surface area contributed by atoms with Crippen LogP contribution in [0.1, 0.15) is 43.2 Å². The number of aliphatic hydroxyl groups excluding tert-OH is 1. The Morgan fingerprint density at radius 1 is 1.02 bits per heavy atom. The molecule has 3 aromatic carbocycles. The Morgan fingerprint density at radius 2 is 1.62 bits per heavy atom. The van der Waals surface area contributed by atoms with Gasteiger partial charge in [-0.25, -0.2) is 4.98 Å². The maximum atomic E-state index is 12.8. The molecular weight excluding hydrogens is 614 g/mol. The fraction of sp³-hybridized carbons (Fsp3) is 0.333. The van der Waals surface area contributed by atoms with Gasteiger partial charge in [0, 0.05) is 12.8 Å². The minimum atomic E-state index is -1.11. The molecule has 5 atom stereocenters. The number of hydrogen-bond donors (Lipinski definition) is 3. The molecule has 248 valence electrons. The Morgan fingerprint density at radius 3 is 2.21 bits per heavy atom. The third-order valence-corrected chi connectivity index (χ3v) is 9.62. The lowest BCUT2D eigenvalue weighted by atomic mass is 9.79. The molecule has 1 aliphatic carbocycles. The first kappa shape index (κ1) is 31.6. The van der Waals surface area contributed by atoms with E-state index in [-0.39, 0.29) is 41.5 Å². The number of hydrogen-bond acceptors (Lipinski definition) is 9.